The van der Waals surface area contributed by atoms with Crippen LogP contribution < -0.4 is 70.0 Å². The van der Waals surface area contributed by atoms with Crippen LogP contribution in [0.3, 0.4) is 0 Å². The van der Waals surface area contributed by atoms with E-state index in [1.54, 1.807) is 61.6 Å². The molecule has 0 radical (unpaired) electrons. The van der Waals surface area contributed by atoms with Gasteiger partial charge in [0.15, 0.2) is 0 Å². The molecule has 91 heavy (non-hydrogen) atoms. The summed E-state index contributed by atoms with van der Waals surface area (Å²) in [6, 6.07) is -13.8. The smallest absolute Gasteiger partial charge is 0.327 e. The first kappa shape index (κ1) is 82.6. The minimum absolute atomic E-state index is 0.0147. The number of rotatable bonds is 42. The van der Waals surface area contributed by atoms with Crippen molar-refractivity contribution in [2.75, 3.05) is 43.1 Å². The summed E-state index contributed by atoms with van der Waals surface area (Å²) in [7, 11) is 0. The number of likely N-dealkylation sites (tertiary alicyclic amines) is 1. The summed E-state index contributed by atoms with van der Waals surface area (Å²) in [5.41, 5.74) is 11.1. The zero-order valence-electron chi connectivity index (χ0n) is 54.4. The highest BCUT2D eigenvalue weighted by Gasteiger charge is 2.41. The number of amides is 13. The maximum absolute atomic E-state index is 14.1. The molecule has 0 unspecified atom stereocenters. The summed E-state index contributed by atoms with van der Waals surface area (Å²) in [5, 5.41) is 48.1. The fourth-order valence-corrected chi connectivity index (χ4v) is 10.4. The number of aliphatic hydroxyl groups excluding tert-OH is 1. The number of thiol groups is 2. The lowest BCUT2D eigenvalue weighted by atomic mass is 9.96. The fourth-order valence-electron chi connectivity index (χ4n) is 9.42. The van der Waals surface area contributed by atoms with E-state index in [-0.39, 0.29) is 68.4 Å². The van der Waals surface area contributed by atoms with Crippen molar-refractivity contribution in [3.63, 3.8) is 0 Å². The van der Waals surface area contributed by atoms with Crippen LogP contribution in [0.4, 0.5) is 0 Å². The second-order valence-electron chi connectivity index (χ2n) is 24.1. The molecule has 0 bridgehead atoms. The Morgan fingerprint density at radius 1 is 0.549 bits per heavy atom. The molecule has 0 aromatic heterocycles. The van der Waals surface area contributed by atoms with Gasteiger partial charge in [0, 0.05) is 24.5 Å². The van der Waals surface area contributed by atoms with Crippen LogP contribution in [0, 0.1) is 29.6 Å². The van der Waals surface area contributed by atoms with Crippen LogP contribution in [0.2, 0.25) is 0 Å². The number of carboxylic acids is 1. The molecule has 30 nitrogen and oxygen atoms in total. The molecule has 0 aromatic carbocycles. The van der Waals surface area contributed by atoms with E-state index in [1.165, 1.54) is 23.6 Å². The number of aliphatic hydroxyl groups is 1. The number of carboxylic acid groups (broad SMARTS) is 1. The first-order chi connectivity index (χ1) is 42.6. The first-order valence-electron chi connectivity index (χ1n) is 30.8. The number of nitrogens with one attached hydrogen (secondary N) is 11. The molecule has 17 N–H and O–H groups in total. The second kappa shape index (κ2) is 41.9. The van der Waals surface area contributed by atoms with E-state index < -0.39 is 186 Å². The number of aliphatic carboxylic acids is 1. The highest BCUT2D eigenvalue weighted by Crippen LogP contribution is 2.21. The van der Waals surface area contributed by atoms with E-state index in [0.717, 1.165) is 0 Å². The van der Waals surface area contributed by atoms with Crippen LogP contribution in [-0.4, -0.2) is 214 Å². The highest BCUT2D eigenvalue weighted by molar-refractivity contribution is 7.98. The minimum Gasteiger partial charge on any atom is -0.480 e. The number of carbonyl (C=O) groups excluding carboxylic acids is 13. The fraction of sp³-hybridized carbons (Fsp3) is 0.759. The van der Waals surface area contributed by atoms with E-state index >= 15 is 0 Å². The van der Waals surface area contributed by atoms with Crippen LogP contribution in [0.1, 0.15) is 134 Å². The highest BCUT2D eigenvalue weighted by atomic mass is 32.2. The van der Waals surface area contributed by atoms with Gasteiger partial charge in [0.1, 0.15) is 60.4 Å². The summed E-state index contributed by atoms with van der Waals surface area (Å²) >= 11 is 9.70. The van der Waals surface area contributed by atoms with Gasteiger partial charge in [0.05, 0.1) is 25.2 Å². The molecule has 1 saturated heterocycles. The predicted octanol–water partition coefficient (Wildman–Crippen LogP) is -2.92. The number of nitrogens with two attached hydrogens (primary N) is 2. The Morgan fingerprint density at radius 2 is 0.989 bits per heavy atom. The van der Waals surface area contributed by atoms with Crippen molar-refractivity contribution in [3.05, 3.63) is 0 Å². The summed E-state index contributed by atoms with van der Waals surface area (Å²) in [6.07, 6.45) is 1.72. The quantitative estimate of drug-likeness (QED) is 0.0272. The van der Waals surface area contributed by atoms with E-state index in [4.69, 9.17) is 11.5 Å². The summed E-state index contributed by atoms with van der Waals surface area (Å²) < 4.78 is 0. The Hall–Kier alpha value is -6.45. The van der Waals surface area contributed by atoms with Crippen molar-refractivity contribution < 1.29 is 77.3 Å². The first-order valence-corrected chi connectivity index (χ1v) is 33.5. The third-order valence-corrected chi connectivity index (χ3v) is 16.5. The average Bonchev–Trinajstić information content (AvgIpc) is 2.07. The van der Waals surface area contributed by atoms with Gasteiger partial charge < -0.3 is 85.1 Å². The van der Waals surface area contributed by atoms with Crippen LogP contribution in [0.15, 0.2) is 0 Å². The zero-order chi connectivity index (χ0) is 69.6. The molecule has 0 aliphatic carbocycles. The number of carbonyl (C=O) groups is 14. The minimum atomic E-state index is -1.67. The van der Waals surface area contributed by atoms with Gasteiger partial charge in [0.25, 0.3) is 0 Å². The Balaban J connectivity index is 3.15. The van der Waals surface area contributed by atoms with E-state index in [9.17, 15) is 77.3 Å². The lowest BCUT2D eigenvalue weighted by molar-refractivity contribution is -0.143. The van der Waals surface area contributed by atoms with Gasteiger partial charge in [-0.2, -0.15) is 37.0 Å². The number of thioether (sulfide) groups is 1. The monoisotopic (exact) mass is 1350 g/mol. The molecule has 0 spiro atoms. The SMILES string of the molecule is CC[C@H](C)[C@H](NC(=O)CNC(=O)[C@H](CC(C)C)NC(=O)[C@@H](NC(=O)CNC(=O)[C@H](CCSC)NC(=O)[C@H](CC(C)C)NC(=O)[C@@H](N)CCC(N)=O)[C@@H](C)O)C(=O)N[C@H](C(=O)N[C@@H](CS)C(=O)N1CCC[C@H]1C(=O)N[C@H](C(=O)N[C@@H](CS)C(=O)O)[C@@H](C)CC)C(C)C. The molecule has 14 atom stereocenters. The Labute approximate surface area is 548 Å². The van der Waals surface area contributed by atoms with Crippen LogP contribution in [0.25, 0.3) is 0 Å². The molecule has 1 aliphatic heterocycles. The average molecular weight is 1350 g/mol. The zero-order valence-corrected chi connectivity index (χ0v) is 57.0. The lowest BCUT2D eigenvalue weighted by Crippen LogP contribution is -2.61. The number of hydrogen-bond acceptors (Lipinski definition) is 19. The number of primary amides is 1. The van der Waals surface area contributed by atoms with E-state index in [2.05, 4.69) is 83.7 Å². The van der Waals surface area contributed by atoms with Gasteiger partial charge >= 0.3 is 5.97 Å². The topological polar surface area (TPSA) is 467 Å². The van der Waals surface area contributed by atoms with Crippen molar-refractivity contribution in [3.8, 4) is 0 Å². The summed E-state index contributed by atoms with van der Waals surface area (Å²) in [4.78, 5) is 187. The number of nitrogens with zero attached hydrogens (tertiary/aromatic N) is 1. The van der Waals surface area contributed by atoms with Gasteiger partial charge in [-0.3, -0.25) is 62.3 Å². The predicted molar refractivity (Wildman–Crippen MR) is 347 cm³/mol. The van der Waals surface area contributed by atoms with Gasteiger partial charge in [-0.25, -0.2) is 4.79 Å². The maximum atomic E-state index is 14.1. The van der Waals surface area contributed by atoms with Crippen LogP contribution >= 0.6 is 37.0 Å². The third kappa shape index (κ3) is 28.9. The molecule has 1 heterocycles. The standard InChI is InChI=1S/C58H102N14O16S3/c1-13-31(9)45(55(84)70-44(30(7)8)53(82)66-38(26-89)57(86)72-20-15-16-40(72)52(81)71-46(32(10)14-2)54(83)67-39(27-90)58(87)88)68-42(75)24-62-50(79)36(22-28(3)4)65-56(85)47(33(11)73)69-43(76)25-61-49(78)35(19-21-91-12)63-51(80)37(23-29(5)6)64-48(77)34(59)17-18-41(60)74/h28-40,44-47,73,89-90H,13-27,59H2,1-12H3,(H2,60,74)(H,61,78)(H,62,79)(H,63,80)(H,64,77)(H,65,85)(H,66,82)(H,67,83)(H,68,75)(H,69,76)(H,70,84)(H,71,81)(H,87,88)/t31-,32-,33+,34-,35-,36-,37-,38-,39-,40-,44-,45-,46-,47-/m0/s1. The van der Waals surface area contributed by atoms with Gasteiger partial charge in [-0.05, 0) is 87.0 Å². The van der Waals surface area contributed by atoms with Crippen molar-refractivity contribution >= 4 is 120 Å². The van der Waals surface area contributed by atoms with Gasteiger partial charge in [-0.15, -0.1) is 0 Å². The molecular formula is C58H102N14O16S3. The molecule has 518 valence electrons. The summed E-state index contributed by atoms with van der Waals surface area (Å²) in [5.74, 6) is -13.3. The van der Waals surface area contributed by atoms with Crippen LogP contribution in [0.5, 0.6) is 0 Å². The van der Waals surface area contributed by atoms with Gasteiger partial charge in [0.2, 0.25) is 76.8 Å². The van der Waals surface area contributed by atoms with Gasteiger partial charge in [-0.1, -0.05) is 82.1 Å². The van der Waals surface area contributed by atoms with Crippen molar-refractivity contribution in [2.24, 2.45) is 41.1 Å². The van der Waals surface area contributed by atoms with Crippen molar-refractivity contribution in [1.82, 2.24) is 63.4 Å². The molecular weight excluding hydrogens is 1240 g/mol. The Morgan fingerprint density at radius 3 is 1.46 bits per heavy atom. The normalized spacial score (nSPS) is 17.3. The lowest BCUT2D eigenvalue weighted by Gasteiger charge is -2.32. The molecule has 13 amide bonds. The van der Waals surface area contributed by atoms with Crippen molar-refractivity contribution in [1.29, 1.82) is 0 Å². The molecule has 1 rings (SSSR count). The van der Waals surface area contributed by atoms with Crippen LogP contribution in [-0.2, 0) is 67.1 Å². The Kier molecular flexibility index (Phi) is 38.0. The maximum Gasteiger partial charge on any atom is 0.327 e. The van der Waals surface area contributed by atoms with E-state index in [0.29, 0.717) is 25.0 Å². The number of hydrogen-bond donors (Lipinski definition) is 17. The largest absolute Gasteiger partial charge is 0.480 e. The van der Waals surface area contributed by atoms with E-state index in [1.807, 2.05) is 13.8 Å². The Bertz CT molecular complexity index is 2500. The molecule has 1 fully saturated rings. The molecule has 0 aromatic rings. The molecule has 1 aliphatic rings. The second-order valence-corrected chi connectivity index (χ2v) is 25.8. The van der Waals surface area contributed by atoms with Crippen molar-refractivity contribution in [2.45, 2.75) is 207 Å². The third-order valence-electron chi connectivity index (χ3n) is 15.2. The molecule has 0 saturated carbocycles. The molecule has 33 heteroatoms. The summed E-state index contributed by atoms with van der Waals surface area (Å²) in [6.45, 7) is 17.2.